The van der Waals surface area contributed by atoms with Crippen LogP contribution >= 0.6 is 0 Å². The number of carbonyl (C=O) groups excluding carboxylic acids is 1. The van der Waals surface area contributed by atoms with E-state index in [1.165, 1.54) is 0 Å². The third-order valence-electron chi connectivity index (χ3n) is 3.86. The lowest BCUT2D eigenvalue weighted by atomic mass is 10.0. The van der Waals surface area contributed by atoms with Crippen molar-refractivity contribution in [2.45, 2.75) is 24.9 Å². The first-order valence-electron chi connectivity index (χ1n) is 7.01. The van der Waals surface area contributed by atoms with E-state index in [4.69, 9.17) is 9.84 Å². The molecule has 2 aliphatic rings. The second-order valence-corrected chi connectivity index (χ2v) is 5.57. The van der Waals surface area contributed by atoms with Crippen LogP contribution in [-0.2, 0) is 14.3 Å². The molecule has 0 bridgehead atoms. The van der Waals surface area contributed by atoms with E-state index in [0.717, 1.165) is 13.1 Å². The molecule has 0 spiro atoms. The maximum Gasteiger partial charge on any atom is 0.303 e. The smallest absolute Gasteiger partial charge is 0.303 e. The number of β-amino-alcohol motifs (C(OH)–C–C–N with tert-alkyl or cyclic N) is 1. The Hall–Kier alpha value is -1.18. The summed E-state index contributed by atoms with van der Waals surface area (Å²) in [5, 5.41) is 19.1. The van der Waals surface area contributed by atoms with Gasteiger partial charge in [0.2, 0.25) is 5.91 Å². The number of amides is 1. The molecular weight excluding hydrogens is 264 g/mol. The predicted molar refractivity (Wildman–Crippen MR) is 70.3 cm³/mol. The van der Waals surface area contributed by atoms with Crippen LogP contribution in [0.4, 0.5) is 0 Å². The molecule has 0 radical (unpaired) electrons. The van der Waals surface area contributed by atoms with E-state index in [1.54, 1.807) is 4.90 Å². The summed E-state index contributed by atoms with van der Waals surface area (Å²) in [5.41, 5.74) is -0.879. The van der Waals surface area contributed by atoms with Crippen LogP contribution in [0.3, 0.4) is 0 Å². The average Bonchev–Trinajstić information content (AvgIpc) is 2.79. The molecule has 7 heteroatoms. The van der Waals surface area contributed by atoms with E-state index < -0.39 is 11.6 Å². The van der Waals surface area contributed by atoms with E-state index in [-0.39, 0.29) is 18.7 Å². The Morgan fingerprint density at radius 1 is 1.15 bits per heavy atom. The number of ether oxygens (including phenoxy) is 1. The van der Waals surface area contributed by atoms with Gasteiger partial charge < -0.3 is 19.8 Å². The number of hydrogen-bond acceptors (Lipinski definition) is 5. The molecule has 2 rings (SSSR count). The molecule has 0 aliphatic carbocycles. The monoisotopic (exact) mass is 286 g/mol. The minimum Gasteiger partial charge on any atom is -0.481 e. The highest BCUT2D eigenvalue weighted by atomic mass is 16.5. The van der Waals surface area contributed by atoms with Gasteiger partial charge in [-0.2, -0.15) is 0 Å². The van der Waals surface area contributed by atoms with Crippen molar-refractivity contribution in [3.8, 4) is 0 Å². The molecule has 0 aromatic heterocycles. The lowest BCUT2D eigenvalue weighted by Crippen LogP contribution is -2.49. The third kappa shape index (κ3) is 4.16. The van der Waals surface area contributed by atoms with Gasteiger partial charge in [0.05, 0.1) is 31.8 Å². The van der Waals surface area contributed by atoms with E-state index in [2.05, 4.69) is 4.90 Å². The first kappa shape index (κ1) is 15.2. The van der Waals surface area contributed by atoms with Gasteiger partial charge in [0, 0.05) is 32.6 Å². The van der Waals surface area contributed by atoms with Gasteiger partial charge in [-0.05, 0) is 6.42 Å². The topological polar surface area (TPSA) is 90.3 Å². The number of hydrogen-bond donors (Lipinski definition) is 2. The van der Waals surface area contributed by atoms with Crippen molar-refractivity contribution in [2.24, 2.45) is 0 Å². The van der Waals surface area contributed by atoms with E-state index >= 15 is 0 Å². The standard InChI is InChI=1S/C13H22N2O5/c16-11(1-2-12(17)18)15-4-3-13(19,10-15)9-14-5-7-20-8-6-14/h19H,1-10H2,(H,17,18)/t13-/m1/s1. The molecule has 0 unspecified atom stereocenters. The molecule has 20 heavy (non-hydrogen) atoms. The molecule has 2 heterocycles. The van der Waals surface area contributed by atoms with E-state index in [0.29, 0.717) is 39.3 Å². The fraction of sp³-hybridized carbons (Fsp3) is 0.846. The van der Waals surface area contributed by atoms with Gasteiger partial charge in [-0.1, -0.05) is 0 Å². The Morgan fingerprint density at radius 2 is 1.85 bits per heavy atom. The van der Waals surface area contributed by atoms with Crippen LogP contribution in [0.1, 0.15) is 19.3 Å². The number of carboxylic acids is 1. The van der Waals surface area contributed by atoms with Crippen LogP contribution in [-0.4, -0.2) is 83.4 Å². The van der Waals surface area contributed by atoms with Crippen LogP contribution in [0.5, 0.6) is 0 Å². The van der Waals surface area contributed by atoms with Gasteiger partial charge in [-0.15, -0.1) is 0 Å². The molecule has 114 valence electrons. The highest BCUT2D eigenvalue weighted by Crippen LogP contribution is 2.23. The fourth-order valence-corrected chi connectivity index (χ4v) is 2.75. The maximum absolute atomic E-state index is 11.8. The lowest BCUT2D eigenvalue weighted by molar-refractivity contribution is -0.140. The number of aliphatic hydroxyl groups is 1. The summed E-state index contributed by atoms with van der Waals surface area (Å²) in [6.45, 7) is 4.29. The Morgan fingerprint density at radius 3 is 2.50 bits per heavy atom. The highest BCUT2D eigenvalue weighted by Gasteiger charge is 2.39. The van der Waals surface area contributed by atoms with Gasteiger partial charge in [-0.3, -0.25) is 14.5 Å². The normalized spacial score (nSPS) is 27.8. The summed E-state index contributed by atoms with van der Waals surface area (Å²) in [7, 11) is 0. The quantitative estimate of drug-likeness (QED) is 0.684. The van der Waals surface area contributed by atoms with Crippen molar-refractivity contribution in [3.63, 3.8) is 0 Å². The summed E-state index contributed by atoms with van der Waals surface area (Å²) in [6, 6.07) is 0. The molecule has 0 aromatic rings. The summed E-state index contributed by atoms with van der Waals surface area (Å²) in [4.78, 5) is 26.0. The van der Waals surface area contributed by atoms with Crippen LogP contribution in [0, 0.1) is 0 Å². The van der Waals surface area contributed by atoms with Gasteiger partial charge in [0.25, 0.3) is 0 Å². The molecule has 2 fully saturated rings. The zero-order valence-electron chi connectivity index (χ0n) is 11.6. The first-order chi connectivity index (χ1) is 9.48. The summed E-state index contributed by atoms with van der Waals surface area (Å²) < 4.78 is 5.27. The third-order valence-corrected chi connectivity index (χ3v) is 3.86. The van der Waals surface area contributed by atoms with Crippen molar-refractivity contribution in [1.29, 1.82) is 0 Å². The number of nitrogens with zero attached hydrogens (tertiary/aromatic N) is 2. The molecule has 0 saturated carbocycles. The Labute approximate surface area is 118 Å². The minimum absolute atomic E-state index is 0.00294. The molecule has 0 aromatic carbocycles. The first-order valence-corrected chi connectivity index (χ1v) is 7.01. The van der Waals surface area contributed by atoms with Crippen LogP contribution in [0.25, 0.3) is 0 Å². The van der Waals surface area contributed by atoms with E-state index in [9.17, 15) is 14.7 Å². The molecule has 2 saturated heterocycles. The number of carbonyl (C=O) groups is 2. The predicted octanol–water partition coefficient (Wildman–Crippen LogP) is -0.853. The zero-order chi connectivity index (χ0) is 14.6. The van der Waals surface area contributed by atoms with Gasteiger partial charge >= 0.3 is 5.97 Å². The highest BCUT2D eigenvalue weighted by molar-refractivity contribution is 5.81. The van der Waals surface area contributed by atoms with Crippen molar-refractivity contribution >= 4 is 11.9 Å². The second kappa shape index (κ2) is 6.51. The number of likely N-dealkylation sites (tertiary alicyclic amines) is 1. The molecule has 2 N–H and O–H groups in total. The molecule has 1 amide bonds. The van der Waals surface area contributed by atoms with Crippen LogP contribution < -0.4 is 0 Å². The van der Waals surface area contributed by atoms with Crippen LogP contribution in [0.15, 0.2) is 0 Å². The fourth-order valence-electron chi connectivity index (χ4n) is 2.75. The SMILES string of the molecule is O=C(O)CCC(=O)N1CC[C@@](O)(CN2CCOCC2)C1. The largest absolute Gasteiger partial charge is 0.481 e. The zero-order valence-corrected chi connectivity index (χ0v) is 11.6. The summed E-state index contributed by atoms with van der Waals surface area (Å²) in [5.74, 6) is -1.16. The number of rotatable bonds is 5. The van der Waals surface area contributed by atoms with Gasteiger partial charge in [0.15, 0.2) is 0 Å². The molecule has 2 aliphatic heterocycles. The second-order valence-electron chi connectivity index (χ2n) is 5.57. The van der Waals surface area contributed by atoms with Gasteiger partial charge in [0.1, 0.15) is 0 Å². The van der Waals surface area contributed by atoms with Crippen molar-refractivity contribution < 1.29 is 24.5 Å². The summed E-state index contributed by atoms with van der Waals surface area (Å²) in [6.07, 6.45) is 0.392. The summed E-state index contributed by atoms with van der Waals surface area (Å²) >= 11 is 0. The average molecular weight is 286 g/mol. The number of aliphatic carboxylic acids is 1. The van der Waals surface area contributed by atoms with E-state index in [1.807, 2.05) is 0 Å². The molecule has 1 atom stereocenters. The molecular formula is C13H22N2O5. The molecule has 7 nitrogen and oxygen atoms in total. The van der Waals surface area contributed by atoms with Crippen molar-refractivity contribution in [3.05, 3.63) is 0 Å². The Bertz CT molecular complexity index is 370. The van der Waals surface area contributed by atoms with Gasteiger partial charge in [-0.25, -0.2) is 0 Å². The Balaban J connectivity index is 1.80. The number of carboxylic acid groups (broad SMARTS) is 1. The Kier molecular flexibility index (Phi) is 4.95. The maximum atomic E-state index is 11.8. The van der Waals surface area contributed by atoms with Crippen LogP contribution in [0.2, 0.25) is 0 Å². The van der Waals surface area contributed by atoms with Crippen molar-refractivity contribution in [2.75, 3.05) is 45.9 Å². The lowest BCUT2D eigenvalue weighted by Gasteiger charge is -2.33. The number of morpholine rings is 1. The van der Waals surface area contributed by atoms with Crippen molar-refractivity contribution in [1.82, 2.24) is 9.80 Å². The minimum atomic E-state index is -0.971.